The molecular weight excluding hydrogens is 440 g/mol. The lowest BCUT2D eigenvalue weighted by Gasteiger charge is -2.10. The quantitative estimate of drug-likeness (QED) is 0.282. The Morgan fingerprint density at radius 2 is 1.06 bits per heavy atom. The minimum Gasteiger partial charge on any atom is -0.321 e. The fourth-order valence-electron chi connectivity index (χ4n) is 2.88. The molecule has 0 aliphatic rings. The van der Waals surface area contributed by atoms with Crippen LogP contribution in [0.15, 0.2) is 84.9 Å². The molecule has 3 rings (SSSR count). The Kier molecular flexibility index (Phi) is 7.59. The van der Waals surface area contributed by atoms with Crippen LogP contribution < -0.4 is 10.6 Å². The van der Waals surface area contributed by atoms with Gasteiger partial charge in [0.15, 0.2) is 0 Å². The predicted octanol–water partition coefficient (Wildman–Crippen LogP) is 4.81. The molecule has 3 aromatic rings. The van der Waals surface area contributed by atoms with Crippen LogP contribution in [0.1, 0.15) is 11.1 Å². The van der Waals surface area contributed by atoms with Gasteiger partial charge in [0.25, 0.3) is 11.4 Å². The van der Waals surface area contributed by atoms with E-state index in [9.17, 15) is 29.8 Å². The molecule has 0 radical (unpaired) electrons. The second-order valence-corrected chi connectivity index (χ2v) is 6.89. The summed E-state index contributed by atoms with van der Waals surface area (Å²) in [4.78, 5) is 45.3. The van der Waals surface area contributed by atoms with Crippen molar-refractivity contribution in [1.29, 1.82) is 0 Å². The lowest BCUT2D eigenvalue weighted by atomic mass is 10.2. The molecule has 34 heavy (non-hydrogen) atoms. The van der Waals surface area contributed by atoms with Crippen molar-refractivity contribution in [2.75, 3.05) is 10.6 Å². The summed E-state index contributed by atoms with van der Waals surface area (Å²) in [5.74, 6) is -0.999. The number of nitrogens with zero attached hydrogens (tertiary/aromatic N) is 2. The maximum absolute atomic E-state index is 12.3. The van der Waals surface area contributed by atoms with Crippen LogP contribution in [0.2, 0.25) is 0 Å². The number of anilines is 2. The largest absolute Gasteiger partial charge is 0.321 e. The van der Waals surface area contributed by atoms with Gasteiger partial charge in [0.05, 0.1) is 21.2 Å². The van der Waals surface area contributed by atoms with E-state index in [0.29, 0.717) is 22.5 Å². The Balaban J connectivity index is 1.66. The molecule has 2 N–H and O–H groups in total. The first-order chi connectivity index (χ1) is 16.3. The normalized spacial score (nSPS) is 10.8. The molecule has 170 valence electrons. The number of carbonyl (C=O) groups excluding carboxylic acids is 2. The summed E-state index contributed by atoms with van der Waals surface area (Å²) in [7, 11) is 0. The first-order valence-corrected chi connectivity index (χ1v) is 9.88. The highest BCUT2D eigenvalue weighted by atomic mass is 16.6. The molecule has 10 heteroatoms. The van der Waals surface area contributed by atoms with Crippen LogP contribution in [0.4, 0.5) is 22.7 Å². The number of rotatable bonds is 8. The van der Waals surface area contributed by atoms with E-state index in [2.05, 4.69) is 10.6 Å². The monoisotopic (exact) mass is 458 g/mol. The Morgan fingerprint density at radius 1 is 0.647 bits per heavy atom. The number of nitro groups is 2. The molecule has 0 spiro atoms. The zero-order valence-corrected chi connectivity index (χ0v) is 17.6. The molecule has 0 atom stereocenters. The number of nitro benzene ring substituents is 2. The van der Waals surface area contributed by atoms with E-state index in [1.165, 1.54) is 60.7 Å². The molecule has 0 heterocycles. The maximum atomic E-state index is 12.3. The van der Waals surface area contributed by atoms with Crippen LogP contribution in [-0.2, 0) is 9.59 Å². The number of para-hydroxylation sites is 2. The molecule has 2 amide bonds. The summed E-state index contributed by atoms with van der Waals surface area (Å²) in [6.07, 6.45) is 5.32. The molecule has 0 aliphatic carbocycles. The second-order valence-electron chi connectivity index (χ2n) is 6.89. The first kappa shape index (κ1) is 23.5. The van der Waals surface area contributed by atoms with Crippen LogP contribution in [0.3, 0.4) is 0 Å². The summed E-state index contributed by atoms with van der Waals surface area (Å²) >= 11 is 0. The summed E-state index contributed by atoms with van der Waals surface area (Å²) < 4.78 is 0. The molecule has 10 nitrogen and oxygen atoms in total. The number of hydrogen-bond acceptors (Lipinski definition) is 6. The SMILES string of the molecule is O=C(/C=C/c1cccc([N+](=O)[O-])c1)Nc1ccccc1NC(=O)/C=C/c1cccc([N+](=O)[O-])c1. The van der Waals surface area contributed by atoms with E-state index in [1.54, 1.807) is 36.4 Å². The molecule has 0 unspecified atom stereocenters. The number of carbonyl (C=O) groups is 2. The molecule has 0 bridgehead atoms. The average molecular weight is 458 g/mol. The summed E-state index contributed by atoms with van der Waals surface area (Å²) in [5, 5.41) is 27.0. The Bertz CT molecular complexity index is 1220. The molecule has 0 fully saturated rings. The van der Waals surface area contributed by atoms with E-state index >= 15 is 0 Å². The van der Waals surface area contributed by atoms with Crippen molar-refractivity contribution >= 4 is 46.7 Å². The zero-order valence-electron chi connectivity index (χ0n) is 17.6. The lowest BCUT2D eigenvalue weighted by molar-refractivity contribution is -0.385. The van der Waals surface area contributed by atoms with Gasteiger partial charge in [-0.25, -0.2) is 0 Å². The minimum atomic E-state index is -0.524. The van der Waals surface area contributed by atoms with Gasteiger partial charge in [-0.05, 0) is 35.4 Å². The number of amides is 2. The third-order valence-electron chi connectivity index (χ3n) is 4.46. The topological polar surface area (TPSA) is 144 Å². The van der Waals surface area contributed by atoms with Crippen molar-refractivity contribution in [2.24, 2.45) is 0 Å². The number of non-ortho nitro benzene ring substituents is 2. The van der Waals surface area contributed by atoms with Gasteiger partial charge in [-0.2, -0.15) is 0 Å². The highest BCUT2D eigenvalue weighted by Crippen LogP contribution is 2.22. The third-order valence-corrected chi connectivity index (χ3v) is 4.46. The van der Waals surface area contributed by atoms with E-state index in [-0.39, 0.29) is 11.4 Å². The fraction of sp³-hybridized carbons (Fsp3) is 0. The molecule has 3 aromatic carbocycles. The van der Waals surface area contributed by atoms with Gasteiger partial charge in [-0.1, -0.05) is 36.4 Å². The minimum absolute atomic E-state index is 0.0891. The van der Waals surface area contributed by atoms with Gasteiger partial charge < -0.3 is 10.6 Å². The summed E-state index contributed by atoms with van der Waals surface area (Å²) in [6.45, 7) is 0. The lowest BCUT2D eigenvalue weighted by Crippen LogP contribution is -2.13. The smallest absolute Gasteiger partial charge is 0.270 e. The van der Waals surface area contributed by atoms with Crippen molar-refractivity contribution < 1.29 is 19.4 Å². The van der Waals surface area contributed by atoms with E-state index in [0.717, 1.165) is 0 Å². The third kappa shape index (κ3) is 6.69. The molecule has 0 saturated carbocycles. The Morgan fingerprint density at radius 3 is 1.44 bits per heavy atom. The average Bonchev–Trinajstić information content (AvgIpc) is 2.83. The van der Waals surface area contributed by atoms with Crippen molar-refractivity contribution in [2.45, 2.75) is 0 Å². The number of nitrogens with one attached hydrogen (secondary N) is 2. The highest BCUT2D eigenvalue weighted by Gasteiger charge is 2.08. The molecular formula is C24H18N4O6. The standard InChI is InChI=1S/C24H18N4O6/c29-23(13-11-17-5-3-7-19(15-17)27(31)32)25-21-9-1-2-10-22(21)26-24(30)14-12-18-6-4-8-20(16-18)28(33)34/h1-16H,(H,25,29)(H,26,30)/b13-11+,14-12+. The fourth-order valence-corrected chi connectivity index (χ4v) is 2.88. The summed E-state index contributed by atoms with van der Waals surface area (Å²) in [5.41, 5.74) is 1.47. The van der Waals surface area contributed by atoms with Gasteiger partial charge in [-0.15, -0.1) is 0 Å². The first-order valence-electron chi connectivity index (χ1n) is 9.88. The van der Waals surface area contributed by atoms with Crippen molar-refractivity contribution in [3.8, 4) is 0 Å². The van der Waals surface area contributed by atoms with Crippen molar-refractivity contribution in [3.05, 3.63) is 116 Å². The van der Waals surface area contributed by atoms with Crippen molar-refractivity contribution in [3.63, 3.8) is 0 Å². The summed E-state index contributed by atoms with van der Waals surface area (Å²) in [6, 6.07) is 18.2. The van der Waals surface area contributed by atoms with Crippen LogP contribution in [0, 0.1) is 20.2 Å². The number of benzene rings is 3. The Labute approximate surface area is 193 Å². The van der Waals surface area contributed by atoms with Gasteiger partial charge in [-0.3, -0.25) is 29.8 Å². The van der Waals surface area contributed by atoms with Crippen LogP contribution in [-0.4, -0.2) is 21.7 Å². The highest BCUT2D eigenvalue weighted by molar-refractivity contribution is 6.08. The van der Waals surface area contributed by atoms with Gasteiger partial charge >= 0.3 is 0 Å². The molecule has 0 saturated heterocycles. The van der Waals surface area contributed by atoms with Crippen LogP contribution >= 0.6 is 0 Å². The second kappa shape index (κ2) is 11.0. The van der Waals surface area contributed by atoms with E-state index in [1.807, 2.05) is 0 Å². The zero-order chi connectivity index (χ0) is 24.5. The van der Waals surface area contributed by atoms with Crippen molar-refractivity contribution in [1.82, 2.24) is 0 Å². The van der Waals surface area contributed by atoms with Crippen LogP contribution in [0.5, 0.6) is 0 Å². The molecule has 0 aromatic heterocycles. The predicted molar refractivity (Wildman–Crippen MR) is 128 cm³/mol. The van der Waals surface area contributed by atoms with Crippen LogP contribution in [0.25, 0.3) is 12.2 Å². The van der Waals surface area contributed by atoms with Gasteiger partial charge in [0.1, 0.15) is 0 Å². The Hall–Kier alpha value is -5.12. The van der Waals surface area contributed by atoms with E-state index < -0.39 is 21.7 Å². The number of hydrogen-bond donors (Lipinski definition) is 2. The maximum Gasteiger partial charge on any atom is 0.270 e. The van der Waals surface area contributed by atoms with Gasteiger partial charge in [0.2, 0.25) is 11.8 Å². The van der Waals surface area contributed by atoms with E-state index in [4.69, 9.17) is 0 Å². The molecule has 0 aliphatic heterocycles. The van der Waals surface area contributed by atoms with Gasteiger partial charge in [0, 0.05) is 36.4 Å².